The van der Waals surface area contributed by atoms with Crippen molar-refractivity contribution in [1.29, 1.82) is 0 Å². The van der Waals surface area contributed by atoms with Crippen molar-refractivity contribution < 1.29 is 0 Å². The Morgan fingerprint density at radius 3 is 3.07 bits per heavy atom. The highest BCUT2D eigenvalue weighted by Crippen LogP contribution is 2.26. The third kappa shape index (κ3) is 2.67. The quantitative estimate of drug-likeness (QED) is 0.817. The van der Waals surface area contributed by atoms with E-state index in [9.17, 15) is 0 Å². The maximum atomic E-state index is 6.04. The lowest BCUT2D eigenvalue weighted by Gasteiger charge is -2.11. The molecule has 0 bridgehead atoms. The molecule has 0 saturated carbocycles. The lowest BCUT2D eigenvalue weighted by Crippen LogP contribution is -2.13. The second-order valence-corrected chi connectivity index (χ2v) is 5.46. The average Bonchev–Trinajstić information content (AvgIpc) is 2.83. The van der Waals surface area contributed by atoms with Crippen molar-refractivity contribution in [2.45, 2.75) is 32.7 Å². The molecule has 1 saturated heterocycles. The molecule has 0 spiro atoms. The molecule has 1 aromatic rings. The topological polar surface area (TPSA) is 30.7 Å². The van der Waals surface area contributed by atoms with E-state index in [0.717, 1.165) is 31.1 Å². The van der Waals surface area contributed by atoms with E-state index < -0.39 is 0 Å². The molecule has 1 atom stereocenters. The summed E-state index contributed by atoms with van der Waals surface area (Å²) in [6, 6.07) is 0. The van der Waals surface area contributed by atoms with E-state index >= 15 is 0 Å². The van der Waals surface area contributed by atoms with Crippen molar-refractivity contribution in [2.75, 3.05) is 11.5 Å². The van der Waals surface area contributed by atoms with Crippen LogP contribution < -0.4 is 0 Å². The highest BCUT2D eigenvalue weighted by atomic mass is 35.5. The Hall–Kier alpha value is -0.220. The Balaban J connectivity index is 2.07. The van der Waals surface area contributed by atoms with E-state index in [2.05, 4.69) is 21.7 Å². The highest BCUT2D eigenvalue weighted by molar-refractivity contribution is 7.99. The van der Waals surface area contributed by atoms with Crippen molar-refractivity contribution in [2.24, 2.45) is 5.92 Å². The second-order valence-electron chi connectivity index (χ2n) is 3.98. The number of nitrogens with zero attached hydrogens (tertiary/aromatic N) is 3. The molecule has 1 unspecified atom stereocenters. The van der Waals surface area contributed by atoms with Crippen LogP contribution >= 0.6 is 23.4 Å². The van der Waals surface area contributed by atoms with Crippen LogP contribution in [0.1, 0.15) is 25.6 Å². The average molecular weight is 246 g/mol. The van der Waals surface area contributed by atoms with Crippen LogP contribution in [-0.2, 0) is 13.0 Å². The van der Waals surface area contributed by atoms with Gasteiger partial charge >= 0.3 is 0 Å². The first-order valence-corrected chi connectivity index (χ1v) is 7.00. The van der Waals surface area contributed by atoms with Gasteiger partial charge in [-0.2, -0.15) is 11.8 Å². The first-order chi connectivity index (χ1) is 7.31. The summed E-state index contributed by atoms with van der Waals surface area (Å²) in [6.07, 6.45) is 3.36. The number of hydrogen-bond acceptors (Lipinski definition) is 3. The van der Waals surface area contributed by atoms with Crippen molar-refractivity contribution in [3.8, 4) is 0 Å². The van der Waals surface area contributed by atoms with Crippen LogP contribution in [-0.4, -0.2) is 26.3 Å². The number of thioether (sulfide) groups is 1. The molecular formula is C10H16ClN3S. The minimum atomic E-state index is 0.551. The Labute approximate surface area is 99.6 Å². The van der Waals surface area contributed by atoms with Crippen LogP contribution in [0.25, 0.3) is 0 Å². The van der Waals surface area contributed by atoms with Gasteiger partial charge in [-0.3, -0.25) is 0 Å². The van der Waals surface area contributed by atoms with Gasteiger partial charge in [-0.1, -0.05) is 6.92 Å². The molecule has 2 rings (SSSR count). The highest BCUT2D eigenvalue weighted by Gasteiger charge is 2.19. The zero-order valence-corrected chi connectivity index (χ0v) is 10.5. The third-order valence-electron chi connectivity index (χ3n) is 2.72. The summed E-state index contributed by atoms with van der Waals surface area (Å²) in [5.74, 6) is 4.33. The van der Waals surface area contributed by atoms with Crippen molar-refractivity contribution in [3.63, 3.8) is 0 Å². The summed E-state index contributed by atoms with van der Waals surface area (Å²) < 4.78 is 2.08. The largest absolute Gasteiger partial charge is 0.301 e. The first kappa shape index (κ1) is 11.3. The van der Waals surface area contributed by atoms with Crippen LogP contribution in [0, 0.1) is 5.92 Å². The first-order valence-electron chi connectivity index (χ1n) is 5.46. The fraction of sp³-hybridized carbons (Fsp3) is 0.800. The van der Waals surface area contributed by atoms with Gasteiger partial charge in [0.25, 0.3) is 0 Å². The Bertz CT molecular complexity index is 320. The van der Waals surface area contributed by atoms with Gasteiger partial charge in [0.1, 0.15) is 5.82 Å². The van der Waals surface area contributed by atoms with Gasteiger partial charge in [0, 0.05) is 13.0 Å². The smallest absolute Gasteiger partial charge is 0.225 e. The van der Waals surface area contributed by atoms with Crippen LogP contribution in [0.2, 0.25) is 5.28 Å². The summed E-state index contributed by atoms with van der Waals surface area (Å²) in [5, 5.41) is 8.62. The van der Waals surface area contributed by atoms with Crippen molar-refractivity contribution >= 4 is 23.4 Å². The van der Waals surface area contributed by atoms with Crippen LogP contribution in [0.3, 0.4) is 0 Å². The molecule has 1 aromatic heterocycles. The van der Waals surface area contributed by atoms with Crippen molar-refractivity contribution in [3.05, 3.63) is 11.1 Å². The summed E-state index contributed by atoms with van der Waals surface area (Å²) >= 11 is 8.07. The van der Waals surface area contributed by atoms with E-state index in [0.29, 0.717) is 5.28 Å². The van der Waals surface area contributed by atoms with E-state index in [-0.39, 0.29) is 0 Å². The van der Waals surface area contributed by atoms with Crippen LogP contribution in [0.15, 0.2) is 0 Å². The summed E-state index contributed by atoms with van der Waals surface area (Å²) in [6.45, 7) is 3.15. The molecule has 0 amide bonds. The number of aryl methyl sites for hydroxylation is 1. The van der Waals surface area contributed by atoms with Crippen LogP contribution in [0.4, 0.5) is 0 Å². The lowest BCUT2D eigenvalue weighted by atomic mass is 10.1. The number of halogens is 1. The maximum absolute atomic E-state index is 6.04. The molecule has 3 nitrogen and oxygen atoms in total. The Morgan fingerprint density at radius 2 is 2.40 bits per heavy atom. The molecule has 5 heteroatoms. The standard InChI is InChI=1S/C10H16ClN3S/c1-2-3-9-12-13-10(11)14(9)6-8-4-5-15-7-8/h8H,2-7H2,1H3. The molecular weight excluding hydrogens is 230 g/mol. The Morgan fingerprint density at radius 1 is 1.53 bits per heavy atom. The van der Waals surface area contributed by atoms with Gasteiger partial charge in [-0.15, -0.1) is 10.2 Å². The molecule has 1 aliphatic heterocycles. The summed E-state index contributed by atoms with van der Waals surface area (Å²) in [4.78, 5) is 0. The van der Waals surface area contributed by atoms with E-state index in [4.69, 9.17) is 11.6 Å². The minimum Gasteiger partial charge on any atom is -0.301 e. The predicted octanol–water partition coefficient (Wildman–Crippen LogP) is 2.64. The molecule has 0 aliphatic carbocycles. The molecule has 15 heavy (non-hydrogen) atoms. The fourth-order valence-electron chi connectivity index (χ4n) is 1.89. The minimum absolute atomic E-state index is 0.551. The zero-order valence-electron chi connectivity index (χ0n) is 8.95. The van der Waals surface area contributed by atoms with Gasteiger partial charge in [-0.25, -0.2) is 0 Å². The van der Waals surface area contributed by atoms with Crippen molar-refractivity contribution in [1.82, 2.24) is 14.8 Å². The second kappa shape index (κ2) is 5.21. The summed E-state index contributed by atoms with van der Waals surface area (Å²) in [7, 11) is 0. The van der Waals surface area contributed by atoms with Gasteiger partial charge < -0.3 is 4.57 Å². The molecule has 1 fully saturated rings. The normalized spacial score (nSPS) is 21.1. The lowest BCUT2D eigenvalue weighted by molar-refractivity contribution is 0.478. The fourth-order valence-corrected chi connectivity index (χ4v) is 3.36. The van der Waals surface area contributed by atoms with Gasteiger partial charge in [0.15, 0.2) is 0 Å². The SMILES string of the molecule is CCCc1nnc(Cl)n1CC1CCSC1. The molecule has 84 valence electrons. The van der Waals surface area contributed by atoms with Gasteiger partial charge in [0.2, 0.25) is 5.28 Å². The molecule has 0 N–H and O–H groups in total. The molecule has 1 aliphatic rings. The molecule has 0 aromatic carbocycles. The number of aromatic nitrogens is 3. The van der Waals surface area contributed by atoms with E-state index in [1.54, 1.807) is 0 Å². The van der Waals surface area contributed by atoms with Gasteiger partial charge in [-0.05, 0) is 41.9 Å². The predicted molar refractivity (Wildman–Crippen MR) is 64.5 cm³/mol. The summed E-state index contributed by atoms with van der Waals surface area (Å²) in [5.41, 5.74) is 0. The van der Waals surface area contributed by atoms with E-state index in [1.165, 1.54) is 17.9 Å². The maximum Gasteiger partial charge on any atom is 0.225 e. The van der Waals surface area contributed by atoms with Crippen LogP contribution in [0.5, 0.6) is 0 Å². The monoisotopic (exact) mass is 245 g/mol. The van der Waals surface area contributed by atoms with E-state index in [1.807, 2.05) is 11.8 Å². The zero-order chi connectivity index (χ0) is 10.7. The Kier molecular flexibility index (Phi) is 3.92. The number of rotatable bonds is 4. The molecule has 2 heterocycles. The third-order valence-corrected chi connectivity index (χ3v) is 4.23. The molecule has 0 radical (unpaired) electrons. The number of hydrogen-bond donors (Lipinski definition) is 0. The van der Waals surface area contributed by atoms with Gasteiger partial charge in [0.05, 0.1) is 0 Å².